The molecule has 0 aromatic carbocycles. The first-order valence-corrected chi connectivity index (χ1v) is 18.5. The minimum atomic E-state index is -2.52. The maximum atomic E-state index is 6.22. The van der Waals surface area contributed by atoms with Crippen LogP contribution >= 0.6 is 7.92 Å². The molecule has 6 saturated heterocycles. The number of nitrogens with zero attached hydrogens (tertiary/aromatic N) is 2. The van der Waals surface area contributed by atoms with Gasteiger partial charge in [-0.3, -0.25) is 9.80 Å². The van der Waals surface area contributed by atoms with E-state index in [9.17, 15) is 0 Å². The Morgan fingerprint density at radius 2 is 0.970 bits per heavy atom. The highest BCUT2D eigenvalue weighted by Crippen LogP contribution is 2.39. The van der Waals surface area contributed by atoms with Crippen molar-refractivity contribution in [3.05, 3.63) is 0 Å². The summed E-state index contributed by atoms with van der Waals surface area (Å²) >= 11 is 0. The molecule has 6 rings (SSSR count). The summed E-state index contributed by atoms with van der Waals surface area (Å²) in [6.45, 7) is 11.2. The molecule has 6 aliphatic rings. The van der Waals surface area contributed by atoms with Gasteiger partial charge in [0.15, 0.2) is 0 Å². The van der Waals surface area contributed by atoms with Crippen molar-refractivity contribution in [2.75, 3.05) is 111 Å². The highest BCUT2D eigenvalue weighted by atomic mass is 31.1. The average molecular weight is 523 g/mol. The summed E-state index contributed by atoms with van der Waals surface area (Å²) < 4.78 is 42.7. The van der Waals surface area contributed by atoms with Crippen molar-refractivity contribution in [1.29, 1.82) is 0 Å². The fourth-order valence-corrected chi connectivity index (χ4v) is 12.8. The fourth-order valence-electron chi connectivity index (χ4n) is 4.93. The molecule has 6 heterocycles. The number of hydrogen-bond acceptors (Lipinski definition) is 9. The maximum Gasteiger partial charge on any atom is 0.501 e. The molecule has 12 heteroatoms. The van der Waals surface area contributed by atoms with Gasteiger partial charge in [-0.1, -0.05) is 0 Å². The molecule has 0 N–H and O–H groups in total. The van der Waals surface area contributed by atoms with Crippen LogP contribution in [0.3, 0.4) is 0 Å². The van der Waals surface area contributed by atoms with E-state index in [1.54, 1.807) is 7.11 Å². The summed E-state index contributed by atoms with van der Waals surface area (Å²) in [5, 5.41) is 0. The number of hydrogen-bond donors (Lipinski definition) is 0. The second kappa shape index (κ2) is 13.7. The highest BCUT2D eigenvalue weighted by Gasteiger charge is 2.44. The van der Waals surface area contributed by atoms with Crippen LogP contribution in [0.4, 0.5) is 0 Å². The van der Waals surface area contributed by atoms with E-state index in [-0.39, 0.29) is 7.92 Å². The van der Waals surface area contributed by atoms with E-state index in [2.05, 4.69) is 9.80 Å². The minimum Gasteiger partial charge on any atom is -0.384 e. The van der Waals surface area contributed by atoms with Gasteiger partial charge in [0.1, 0.15) is 0 Å². The molecule has 0 spiro atoms. The molecule has 4 bridgehead atoms. The largest absolute Gasteiger partial charge is 0.501 e. The van der Waals surface area contributed by atoms with E-state index >= 15 is 0 Å². The Bertz CT molecular complexity index is 486. The molecule has 33 heavy (non-hydrogen) atoms. The molecular weight excluding hydrogens is 479 g/mol. The van der Waals surface area contributed by atoms with E-state index in [4.69, 9.17) is 31.3 Å². The molecular formula is C21H43N2O7PSi2. The third-order valence-electron chi connectivity index (χ3n) is 6.90. The highest BCUT2D eigenvalue weighted by molar-refractivity contribution is 7.57. The third kappa shape index (κ3) is 8.26. The zero-order valence-corrected chi connectivity index (χ0v) is 23.2. The lowest BCUT2D eigenvalue weighted by Crippen LogP contribution is -2.55. The summed E-state index contributed by atoms with van der Waals surface area (Å²) in [4.78, 5) is 4.73. The van der Waals surface area contributed by atoms with Gasteiger partial charge < -0.3 is 31.3 Å². The Labute approximate surface area is 202 Å². The quantitative estimate of drug-likeness (QED) is 0.297. The molecule has 6 fully saturated rings. The van der Waals surface area contributed by atoms with Gasteiger partial charge in [0.25, 0.3) is 0 Å². The molecule has 0 radical (unpaired) electrons. The van der Waals surface area contributed by atoms with Crippen LogP contribution in [0.25, 0.3) is 0 Å². The SMILES string of the molecule is COCCP(CCC[Si]12OCCN(CCO1)CCO2)CCC[Si]12OCCN(CCO1)CCO2. The summed E-state index contributed by atoms with van der Waals surface area (Å²) in [7, 11) is -3.35. The average Bonchev–Trinajstić information content (AvgIpc) is 2.72. The predicted molar refractivity (Wildman–Crippen MR) is 132 cm³/mol. The second-order valence-electron chi connectivity index (χ2n) is 9.18. The predicted octanol–water partition coefficient (Wildman–Crippen LogP) is 1.53. The zero-order valence-electron chi connectivity index (χ0n) is 20.3. The third-order valence-corrected chi connectivity index (χ3v) is 15.4. The lowest BCUT2D eigenvalue weighted by atomic mass is 10.4. The Kier molecular flexibility index (Phi) is 11.0. The number of ether oxygens (including phenoxy) is 1. The van der Waals surface area contributed by atoms with Gasteiger partial charge in [-0.25, -0.2) is 0 Å². The Morgan fingerprint density at radius 1 is 0.606 bits per heavy atom. The van der Waals surface area contributed by atoms with Crippen molar-refractivity contribution in [3.8, 4) is 0 Å². The summed E-state index contributed by atoms with van der Waals surface area (Å²) in [5.74, 6) is 0. The van der Waals surface area contributed by atoms with Crippen LogP contribution in [-0.2, 0) is 31.3 Å². The smallest absolute Gasteiger partial charge is 0.384 e. The summed E-state index contributed by atoms with van der Waals surface area (Å²) in [6.07, 6.45) is 5.77. The molecule has 6 aliphatic heterocycles. The molecule has 0 aromatic heterocycles. The first-order chi connectivity index (χ1) is 16.2. The molecule has 9 nitrogen and oxygen atoms in total. The van der Waals surface area contributed by atoms with Crippen LogP contribution in [-0.4, -0.2) is 139 Å². The lowest BCUT2D eigenvalue weighted by Gasteiger charge is -2.38. The standard InChI is InChI=1S/C21H43N2O7PSi2/c1-24-16-19-31(17-2-20-32-25-10-4-22(5-11-26-32)6-12-27-32)18-3-21-33-28-13-7-23(8-14-29-33)9-15-30-33/h2-21H2,1H3. The van der Waals surface area contributed by atoms with Crippen molar-refractivity contribution in [1.82, 2.24) is 9.80 Å². The summed E-state index contributed by atoms with van der Waals surface area (Å²) in [5.41, 5.74) is 0. The Hall–Kier alpha value is 0.504. The van der Waals surface area contributed by atoms with Crippen molar-refractivity contribution in [2.24, 2.45) is 0 Å². The van der Waals surface area contributed by atoms with Crippen LogP contribution in [0, 0.1) is 0 Å². The number of rotatable bonds is 11. The first-order valence-electron chi connectivity index (χ1n) is 12.7. The van der Waals surface area contributed by atoms with Gasteiger partial charge in [-0.15, -0.1) is 7.92 Å². The molecule has 0 saturated carbocycles. The topological polar surface area (TPSA) is 71.1 Å². The van der Waals surface area contributed by atoms with E-state index in [0.717, 1.165) is 117 Å². The molecule has 0 aromatic rings. The van der Waals surface area contributed by atoms with Crippen molar-refractivity contribution >= 4 is 25.5 Å². The maximum absolute atomic E-state index is 6.22. The van der Waals surface area contributed by atoms with E-state index < -0.39 is 17.6 Å². The first kappa shape index (κ1) is 26.6. The number of methoxy groups -OCH3 is 1. The molecule has 0 atom stereocenters. The van der Waals surface area contributed by atoms with Gasteiger partial charge in [-0.2, -0.15) is 0 Å². The van der Waals surface area contributed by atoms with Crippen LogP contribution in [0.5, 0.6) is 0 Å². The van der Waals surface area contributed by atoms with Gasteiger partial charge >= 0.3 is 17.6 Å². The van der Waals surface area contributed by atoms with Crippen LogP contribution in [0.1, 0.15) is 12.8 Å². The lowest BCUT2D eigenvalue weighted by molar-refractivity contribution is -0.00873. The molecule has 0 unspecified atom stereocenters. The summed E-state index contributed by atoms with van der Waals surface area (Å²) in [6, 6.07) is 1.87. The van der Waals surface area contributed by atoms with E-state index in [1.807, 2.05) is 0 Å². The van der Waals surface area contributed by atoms with Crippen LogP contribution in [0.2, 0.25) is 12.1 Å². The van der Waals surface area contributed by atoms with Crippen LogP contribution in [0.15, 0.2) is 0 Å². The van der Waals surface area contributed by atoms with Gasteiger partial charge in [0, 0.05) is 58.5 Å². The van der Waals surface area contributed by atoms with Gasteiger partial charge in [0.05, 0.1) is 46.2 Å². The van der Waals surface area contributed by atoms with E-state index in [1.165, 1.54) is 12.3 Å². The number of fused-ring (bicyclic) bond motifs is 12. The zero-order chi connectivity index (χ0) is 22.8. The van der Waals surface area contributed by atoms with Gasteiger partial charge in [-0.05, 0) is 31.3 Å². The monoisotopic (exact) mass is 522 g/mol. The Balaban J connectivity index is 1.24. The van der Waals surface area contributed by atoms with Crippen molar-refractivity contribution in [3.63, 3.8) is 0 Å². The van der Waals surface area contributed by atoms with Crippen LogP contribution < -0.4 is 0 Å². The minimum absolute atomic E-state index is 0.118. The fraction of sp³-hybridized carbons (Fsp3) is 1.00. The normalized spacial score (nSPS) is 36.3. The molecule has 0 aliphatic carbocycles. The second-order valence-corrected chi connectivity index (χ2v) is 17.3. The van der Waals surface area contributed by atoms with E-state index in [0.29, 0.717) is 0 Å². The molecule has 0 amide bonds. The van der Waals surface area contributed by atoms with Crippen molar-refractivity contribution < 1.29 is 31.3 Å². The molecule has 192 valence electrons. The Morgan fingerprint density at radius 3 is 1.30 bits per heavy atom. The van der Waals surface area contributed by atoms with Crippen molar-refractivity contribution in [2.45, 2.75) is 24.9 Å². The van der Waals surface area contributed by atoms with Gasteiger partial charge in [0.2, 0.25) is 0 Å².